The molecule has 0 aromatic heterocycles. The number of methoxy groups -OCH3 is 1. The van der Waals surface area contributed by atoms with E-state index in [9.17, 15) is 0 Å². The molecule has 0 unspecified atom stereocenters. The Hall–Kier alpha value is -2.63. The zero-order valence-electron chi connectivity index (χ0n) is 18.2. The van der Waals surface area contributed by atoms with Crippen LogP contribution in [0.3, 0.4) is 0 Å². The Labute approximate surface area is 184 Å². The summed E-state index contributed by atoms with van der Waals surface area (Å²) in [5.41, 5.74) is 4.98. The lowest BCUT2D eigenvalue weighted by Crippen LogP contribution is -2.49. The number of aryl methyl sites for hydroxylation is 1. The summed E-state index contributed by atoms with van der Waals surface area (Å²) in [6, 6.07) is 16.8. The van der Waals surface area contributed by atoms with Gasteiger partial charge in [0.15, 0.2) is 0 Å². The maximum absolute atomic E-state index is 5.95. The van der Waals surface area contributed by atoms with Gasteiger partial charge in [0.1, 0.15) is 11.9 Å². The molecule has 2 heterocycles. The van der Waals surface area contributed by atoms with Crippen LogP contribution in [0.1, 0.15) is 23.1 Å². The average Bonchev–Trinajstić information content (AvgIpc) is 3.23. The second-order valence-corrected chi connectivity index (χ2v) is 8.70. The van der Waals surface area contributed by atoms with Gasteiger partial charge in [0.2, 0.25) is 0 Å². The minimum Gasteiger partial charge on any atom is -0.497 e. The molecule has 0 amide bonds. The van der Waals surface area contributed by atoms with E-state index in [-0.39, 0.29) is 6.10 Å². The van der Waals surface area contributed by atoms with Gasteiger partial charge >= 0.3 is 0 Å². The van der Waals surface area contributed by atoms with Crippen LogP contribution >= 0.6 is 0 Å². The Bertz CT molecular complexity index is 948. The van der Waals surface area contributed by atoms with Crippen molar-refractivity contribution >= 4 is 11.8 Å². The first kappa shape index (κ1) is 20.3. The lowest BCUT2D eigenvalue weighted by atomic mass is 9.79. The van der Waals surface area contributed by atoms with Crippen LogP contribution in [0, 0.1) is 5.92 Å². The Morgan fingerprint density at radius 2 is 1.87 bits per heavy atom. The van der Waals surface area contributed by atoms with Gasteiger partial charge in [-0.15, -0.1) is 0 Å². The number of benzene rings is 2. The number of hydrogen-bond acceptors (Lipinski definition) is 5. The van der Waals surface area contributed by atoms with Crippen LogP contribution in [-0.2, 0) is 11.3 Å². The molecule has 0 bridgehead atoms. The molecule has 162 valence electrons. The number of ether oxygens (including phenoxy) is 1. The lowest BCUT2D eigenvalue weighted by Gasteiger charge is -2.36. The highest BCUT2D eigenvalue weighted by Crippen LogP contribution is 2.35. The summed E-state index contributed by atoms with van der Waals surface area (Å²) >= 11 is 0. The molecule has 5 rings (SSSR count). The van der Waals surface area contributed by atoms with Gasteiger partial charge in [-0.2, -0.15) is 0 Å². The van der Waals surface area contributed by atoms with Crippen LogP contribution in [0.2, 0.25) is 0 Å². The Balaban J connectivity index is 1.11. The van der Waals surface area contributed by atoms with Gasteiger partial charge in [-0.1, -0.05) is 47.6 Å². The first-order valence-corrected chi connectivity index (χ1v) is 11.4. The highest BCUT2D eigenvalue weighted by molar-refractivity contribution is 6.05. The maximum atomic E-state index is 5.95. The minimum atomic E-state index is 0.176. The van der Waals surface area contributed by atoms with Crippen molar-refractivity contribution in [2.75, 3.05) is 46.4 Å². The minimum absolute atomic E-state index is 0.176. The maximum Gasteiger partial charge on any atom is 0.148 e. The van der Waals surface area contributed by atoms with Crippen molar-refractivity contribution < 1.29 is 9.57 Å². The first-order valence-electron chi connectivity index (χ1n) is 11.4. The Morgan fingerprint density at radius 3 is 2.68 bits per heavy atom. The number of oxime groups is 1. The molecule has 3 aliphatic rings. The van der Waals surface area contributed by atoms with Crippen LogP contribution in [0.15, 0.2) is 59.8 Å². The highest BCUT2D eigenvalue weighted by Gasteiger charge is 2.39. The second kappa shape index (κ2) is 9.25. The van der Waals surface area contributed by atoms with E-state index in [0.29, 0.717) is 5.92 Å². The van der Waals surface area contributed by atoms with Crippen LogP contribution in [0.25, 0.3) is 6.08 Å². The standard InChI is InChI=1S/C26H31N3O2/c1-30-22-10-12-23-21(18-22)9-11-24-25(31-27-26(23)24)19-29-16-14-28(15-17-29)13-5-8-20-6-3-2-4-7-20/h2-8,10,12,18,24-25H,9,11,13-17,19H2,1H3/b8-5+/t24-,25-/m0/s1. The fourth-order valence-corrected chi connectivity index (χ4v) is 4.95. The van der Waals surface area contributed by atoms with Crippen molar-refractivity contribution in [2.45, 2.75) is 18.9 Å². The zero-order chi connectivity index (χ0) is 21.0. The molecular formula is C26H31N3O2. The van der Waals surface area contributed by atoms with Crippen molar-refractivity contribution in [3.05, 3.63) is 71.3 Å². The van der Waals surface area contributed by atoms with Crippen LogP contribution in [0.4, 0.5) is 0 Å². The molecule has 5 nitrogen and oxygen atoms in total. The molecule has 2 atom stereocenters. The van der Waals surface area contributed by atoms with E-state index in [4.69, 9.17) is 9.57 Å². The third-order valence-corrected chi connectivity index (χ3v) is 6.78. The number of piperazine rings is 1. The molecule has 31 heavy (non-hydrogen) atoms. The fourth-order valence-electron chi connectivity index (χ4n) is 4.95. The molecule has 1 saturated heterocycles. The number of hydrogen-bond donors (Lipinski definition) is 0. The topological polar surface area (TPSA) is 37.3 Å². The van der Waals surface area contributed by atoms with Crippen molar-refractivity contribution in [3.8, 4) is 5.75 Å². The van der Waals surface area contributed by atoms with E-state index in [1.807, 2.05) is 6.07 Å². The van der Waals surface area contributed by atoms with Crippen molar-refractivity contribution in [3.63, 3.8) is 0 Å². The fraction of sp³-hybridized carbons (Fsp3) is 0.423. The third-order valence-electron chi connectivity index (χ3n) is 6.78. The molecule has 2 aromatic rings. The second-order valence-electron chi connectivity index (χ2n) is 8.70. The van der Waals surface area contributed by atoms with E-state index in [2.05, 4.69) is 69.6 Å². The van der Waals surface area contributed by atoms with Crippen LogP contribution < -0.4 is 4.74 Å². The smallest absolute Gasteiger partial charge is 0.148 e. The SMILES string of the molecule is COc1ccc2c(c1)CC[C@@H]1C2=NO[C@H]1CN1CCN(C/C=C/c2ccccc2)CC1. The van der Waals surface area contributed by atoms with Crippen LogP contribution in [-0.4, -0.2) is 68.0 Å². The van der Waals surface area contributed by atoms with Gasteiger partial charge < -0.3 is 9.57 Å². The van der Waals surface area contributed by atoms with Gasteiger partial charge in [-0.3, -0.25) is 9.80 Å². The van der Waals surface area contributed by atoms with E-state index >= 15 is 0 Å². The van der Waals surface area contributed by atoms with Gasteiger partial charge in [0.05, 0.1) is 12.8 Å². The van der Waals surface area contributed by atoms with Gasteiger partial charge in [0.25, 0.3) is 0 Å². The van der Waals surface area contributed by atoms with Crippen molar-refractivity contribution in [2.24, 2.45) is 11.1 Å². The average molecular weight is 418 g/mol. The Morgan fingerprint density at radius 1 is 1.06 bits per heavy atom. The summed E-state index contributed by atoms with van der Waals surface area (Å²) in [5, 5.41) is 4.52. The number of rotatable bonds is 6. The summed E-state index contributed by atoms with van der Waals surface area (Å²) in [5.74, 6) is 1.33. The lowest BCUT2D eigenvalue weighted by molar-refractivity contribution is 0.0172. The van der Waals surface area contributed by atoms with E-state index in [0.717, 1.165) is 63.6 Å². The van der Waals surface area contributed by atoms with Crippen LogP contribution in [0.5, 0.6) is 5.75 Å². The quantitative estimate of drug-likeness (QED) is 0.718. The molecule has 1 aliphatic carbocycles. The van der Waals surface area contributed by atoms with Gasteiger partial charge in [-0.25, -0.2) is 0 Å². The number of nitrogens with zero attached hydrogens (tertiary/aromatic N) is 3. The summed E-state index contributed by atoms with van der Waals surface area (Å²) in [6.07, 6.45) is 6.84. The van der Waals surface area contributed by atoms with Crippen molar-refractivity contribution in [1.29, 1.82) is 0 Å². The molecular weight excluding hydrogens is 386 g/mol. The molecule has 0 saturated carbocycles. The van der Waals surface area contributed by atoms with E-state index < -0.39 is 0 Å². The summed E-state index contributed by atoms with van der Waals surface area (Å²) in [7, 11) is 1.72. The van der Waals surface area contributed by atoms with Crippen molar-refractivity contribution in [1.82, 2.24) is 9.80 Å². The number of fused-ring (bicyclic) bond motifs is 3. The monoisotopic (exact) mass is 417 g/mol. The normalized spacial score (nSPS) is 23.8. The molecule has 5 heteroatoms. The predicted molar refractivity (Wildman–Crippen MR) is 125 cm³/mol. The first-order chi connectivity index (χ1) is 15.3. The largest absolute Gasteiger partial charge is 0.497 e. The molecule has 1 fully saturated rings. The third kappa shape index (κ3) is 4.53. The summed E-state index contributed by atoms with van der Waals surface area (Å²) < 4.78 is 5.38. The molecule has 0 N–H and O–H groups in total. The molecule has 0 spiro atoms. The van der Waals surface area contributed by atoms with Gasteiger partial charge in [0, 0.05) is 50.7 Å². The van der Waals surface area contributed by atoms with E-state index in [1.54, 1.807) is 7.11 Å². The molecule has 0 radical (unpaired) electrons. The summed E-state index contributed by atoms with van der Waals surface area (Å²) in [6.45, 7) is 6.37. The highest BCUT2D eigenvalue weighted by atomic mass is 16.6. The molecule has 2 aromatic carbocycles. The predicted octanol–water partition coefficient (Wildman–Crippen LogP) is 3.69. The van der Waals surface area contributed by atoms with Gasteiger partial charge in [-0.05, 0) is 42.2 Å². The van der Waals surface area contributed by atoms with E-state index in [1.165, 1.54) is 16.7 Å². The summed E-state index contributed by atoms with van der Waals surface area (Å²) in [4.78, 5) is 11.0. The zero-order valence-corrected chi connectivity index (χ0v) is 18.2. The Kier molecular flexibility index (Phi) is 6.05. The molecule has 2 aliphatic heterocycles.